The summed E-state index contributed by atoms with van der Waals surface area (Å²) < 4.78 is 10.6. The number of amides is 2. The molecule has 2 rings (SSSR count). The summed E-state index contributed by atoms with van der Waals surface area (Å²) in [7, 11) is 0. The van der Waals surface area contributed by atoms with E-state index in [2.05, 4.69) is 29.4 Å². The molecule has 128 valence electrons. The van der Waals surface area contributed by atoms with E-state index in [0.717, 1.165) is 19.6 Å². The van der Waals surface area contributed by atoms with Crippen molar-refractivity contribution < 1.29 is 18.7 Å². The molecule has 2 amide bonds. The first-order chi connectivity index (χ1) is 11.0. The molecule has 23 heavy (non-hydrogen) atoms. The highest BCUT2D eigenvalue weighted by molar-refractivity contribution is 5.94. The number of nitrogens with zero attached hydrogens (tertiary/aromatic N) is 1. The Labute approximate surface area is 136 Å². The lowest BCUT2D eigenvalue weighted by Crippen LogP contribution is -2.49. The summed E-state index contributed by atoms with van der Waals surface area (Å²) in [6.07, 6.45) is 1.41. The van der Waals surface area contributed by atoms with E-state index in [1.165, 1.54) is 6.26 Å². The van der Waals surface area contributed by atoms with Crippen LogP contribution in [0, 0.1) is 5.92 Å². The molecule has 1 saturated heterocycles. The zero-order chi connectivity index (χ0) is 16.7. The summed E-state index contributed by atoms with van der Waals surface area (Å²) in [6, 6.07) is 3.17. The van der Waals surface area contributed by atoms with E-state index in [1.54, 1.807) is 12.1 Å². The molecule has 0 aliphatic carbocycles. The molecular formula is C16H25N3O4. The van der Waals surface area contributed by atoms with E-state index in [1.807, 2.05) is 0 Å². The monoisotopic (exact) mass is 323 g/mol. The zero-order valence-corrected chi connectivity index (χ0v) is 13.7. The molecule has 1 atom stereocenters. The van der Waals surface area contributed by atoms with Crippen LogP contribution in [0.5, 0.6) is 0 Å². The summed E-state index contributed by atoms with van der Waals surface area (Å²) in [5.41, 5.74) is 0. The fraction of sp³-hybridized carbons (Fsp3) is 0.625. The molecule has 0 spiro atoms. The first-order valence-corrected chi connectivity index (χ1v) is 7.97. The van der Waals surface area contributed by atoms with Crippen LogP contribution in [0.4, 0.5) is 0 Å². The highest BCUT2D eigenvalue weighted by Gasteiger charge is 2.21. The Kier molecular flexibility index (Phi) is 6.61. The summed E-state index contributed by atoms with van der Waals surface area (Å²) >= 11 is 0. The summed E-state index contributed by atoms with van der Waals surface area (Å²) in [6.45, 7) is 8.21. The van der Waals surface area contributed by atoms with Crippen molar-refractivity contribution in [3.63, 3.8) is 0 Å². The molecule has 0 bridgehead atoms. The average molecular weight is 323 g/mol. The Balaban J connectivity index is 1.65. The van der Waals surface area contributed by atoms with Gasteiger partial charge in [0.2, 0.25) is 5.91 Å². The van der Waals surface area contributed by atoms with Crippen molar-refractivity contribution in [1.82, 2.24) is 15.5 Å². The average Bonchev–Trinajstić information content (AvgIpc) is 3.05. The molecule has 7 nitrogen and oxygen atoms in total. The number of hydrogen-bond donors (Lipinski definition) is 2. The van der Waals surface area contributed by atoms with Crippen molar-refractivity contribution in [2.75, 3.05) is 39.3 Å². The van der Waals surface area contributed by atoms with Gasteiger partial charge in [-0.3, -0.25) is 14.5 Å². The first-order valence-electron chi connectivity index (χ1n) is 7.97. The van der Waals surface area contributed by atoms with Gasteiger partial charge in [0.1, 0.15) is 0 Å². The van der Waals surface area contributed by atoms with E-state index in [0.29, 0.717) is 19.1 Å². The van der Waals surface area contributed by atoms with Crippen molar-refractivity contribution in [1.29, 1.82) is 0 Å². The topological polar surface area (TPSA) is 83.8 Å². The minimum atomic E-state index is -0.401. The number of ether oxygens (including phenoxy) is 1. The number of hydrogen-bond acceptors (Lipinski definition) is 5. The normalized spacial score (nSPS) is 18.8. The van der Waals surface area contributed by atoms with Crippen molar-refractivity contribution in [2.45, 2.75) is 20.0 Å². The molecular weight excluding hydrogens is 298 g/mol. The largest absolute Gasteiger partial charge is 0.459 e. The lowest BCUT2D eigenvalue weighted by atomic mass is 10.2. The van der Waals surface area contributed by atoms with Gasteiger partial charge >= 0.3 is 0 Å². The van der Waals surface area contributed by atoms with Gasteiger partial charge in [-0.25, -0.2) is 0 Å². The van der Waals surface area contributed by atoms with E-state index < -0.39 is 5.91 Å². The summed E-state index contributed by atoms with van der Waals surface area (Å²) in [5, 5.41) is 5.30. The van der Waals surface area contributed by atoms with Crippen LogP contribution in [-0.4, -0.2) is 62.1 Å². The lowest BCUT2D eigenvalue weighted by molar-refractivity contribution is -0.121. The molecule has 2 heterocycles. The maximum atomic E-state index is 11.8. The second-order valence-corrected chi connectivity index (χ2v) is 6.11. The van der Waals surface area contributed by atoms with Crippen molar-refractivity contribution >= 4 is 11.8 Å². The van der Waals surface area contributed by atoms with Gasteiger partial charge in [-0.15, -0.1) is 0 Å². The fourth-order valence-corrected chi connectivity index (χ4v) is 2.53. The SMILES string of the molecule is CC(C)CN1CCO[C@@H](CNC(=O)CNC(=O)c2ccco2)C1. The Morgan fingerprint density at radius 3 is 2.91 bits per heavy atom. The summed E-state index contributed by atoms with van der Waals surface area (Å²) in [4.78, 5) is 25.8. The van der Waals surface area contributed by atoms with E-state index in [4.69, 9.17) is 9.15 Å². The van der Waals surface area contributed by atoms with Gasteiger partial charge in [0, 0.05) is 26.2 Å². The van der Waals surface area contributed by atoms with Gasteiger partial charge in [0.15, 0.2) is 5.76 Å². The molecule has 0 radical (unpaired) electrons. The smallest absolute Gasteiger partial charge is 0.287 e. The van der Waals surface area contributed by atoms with Crippen LogP contribution in [0.15, 0.2) is 22.8 Å². The van der Waals surface area contributed by atoms with Crippen LogP contribution in [-0.2, 0) is 9.53 Å². The zero-order valence-electron chi connectivity index (χ0n) is 13.7. The Morgan fingerprint density at radius 1 is 1.39 bits per heavy atom. The molecule has 0 unspecified atom stereocenters. The summed E-state index contributed by atoms with van der Waals surface area (Å²) in [5.74, 6) is 0.162. The van der Waals surface area contributed by atoms with Crippen LogP contribution in [0.1, 0.15) is 24.4 Å². The minimum absolute atomic E-state index is 0.00720. The third kappa shape index (κ3) is 6.03. The van der Waals surface area contributed by atoms with Crippen LogP contribution >= 0.6 is 0 Å². The quantitative estimate of drug-likeness (QED) is 0.763. The van der Waals surface area contributed by atoms with Crippen LogP contribution in [0.25, 0.3) is 0 Å². The lowest BCUT2D eigenvalue weighted by Gasteiger charge is -2.33. The molecule has 1 aromatic heterocycles. The molecule has 1 aromatic rings. The van der Waals surface area contributed by atoms with Gasteiger partial charge < -0.3 is 19.8 Å². The van der Waals surface area contributed by atoms with Crippen LogP contribution in [0.2, 0.25) is 0 Å². The number of nitrogens with one attached hydrogen (secondary N) is 2. The molecule has 1 aliphatic heterocycles. The highest BCUT2D eigenvalue weighted by Crippen LogP contribution is 2.07. The molecule has 2 N–H and O–H groups in total. The van der Waals surface area contributed by atoms with Crippen LogP contribution < -0.4 is 10.6 Å². The maximum absolute atomic E-state index is 11.8. The second kappa shape index (κ2) is 8.69. The number of carbonyl (C=O) groups is 2. The first kappa shape index (κ1) is 17.5. The van der Waals surface area contributed by atoms with Gasteiger partial charge in [0.05, 0.1) is 25.5 Å². The number of morpholine rings is 1. The Hall–Kier alpha value is -1.86. The molecule has 0 aromatic carbocycles. The van der Waals surface area contributed by atoms with Gasteiger partial charge in [-0.2, -0.15) is 0 Å². The molecule has 1 aliphatic rings. The second-order valence-electron chi connectivity index (χ2n) is 6.11. The molecule has 1 fully saturated rings. The van der Waals surface area contributed by atoms with Crippen molar-refractivity contribution in [3.05, 3.63) is 24.2 Å². The molecule has 7 heteroatoms. The van der Waals surface area contributed by atoms with Gasteiger partial charge in [-0.05, 0) is 18.1 Å². The van der Waals surface area contributed by atoms with E-state index >= 15 is 0 Å². The third-order valence-electron chi connectivity index (χ3n) is 3.53. The predicted octanol–water partition coefficient (Wildman–Crippen LogP) is 0.482. The van der Waals surface area contributed by atoms with Crippen molar-refractivity contribution in [3.8, 4) is 0 Å². The van der Waals surface area contributed by atoms with Gasteiger partial charge in [0.25, 0.3) is 5.91 Å². The number of furan rings is 1. The van der Waals surface area contributed by atoms with Crippen molar-refractivity contribution in [2.24, 2.45) is 5.92 Å². The van der Waals surface area contributed by atoms with E-state index in [9.17, 15) is 9.59 Å². The standard InChI is InChI=1S/C16H25N3O4/c1-12(2)10-19-5-7-22-13(11-19)8-17-15(20)9-18-16(21)14-4-3-6-23-14/h3-4,6,12-13H,5,7-11H2,1-2H3,(H,17,20)(H,18,21)/t13-/m0/s1. The van der Waals surface area contributed by atoms with E-state index in [-0.39, 0.29) is 24.3 Å². The van der Waals surface area contributed by atoms with Gasteiger partial charge in [-0.1, -0.05) is 13.8 Å². The Morgan fingerprint density at radius 2 is 2.22 bits per heavy atom. The third-order valence-corrected chi connectivity index (χ3v) is 3.53. The maximum Gasteiger partial charge on any atom is 0.287 e. The minimum Gasteiger partial charge on any atom is -0.459 e. The number of rotatable bonds is 7. The highest BCUT2D eigenvalue weighted by atomic mass is 16.5. The molecule has 0 saturated carbocycles. The number of carbonyl (C=O) groups excluding carboxylic acids is 2. The fourth-order valence-electron chi connectivity index (χ4n) is 2.53. The predicted molar refractivity (Wildman–Crippen MR) is 85.1 cm³/mol. The van der Waals surface area contributed by atoms with Crippen LogP contribution in [0.3, 0.4) is 0 Å². The Bertz CT molecular complexity index is 501.